The zero-order valence-electron chi connectivity index (χ0n) is 10.1. The van der Waals surface area contributed by atoms with Crippen molar-refractivity contribution < 1.29 is 19.1 Å². The number of rotatable bonds is 5. The molecule has 0 aromatic heterocycles. The first-order valence-corrected chi connectivity index (χ1v) is 5.69. The number of hydrogen-bond acceptors (Lipinski definition) is 4. The highest BCUT2D eigenvalue weighted by molar-refractivity contribution is 6.31. The third-order valence-corrected chi connectivity index (χ3v) is 2.15. The summed E-state index contributed by atoms with van der Waals surface area (Å²) in [5, 5.41) is 0.362. The van der Waals surface area contributed by atoms with Gasteiger partial charge in [-0.3, -0.25) is 4.79 Å². The van der Waals surface area contributed by atoms with Crippen molar-refractivity contribution in [1.82, 2.24) is 0 Å². The molecule has 0 aliphatic heterocycles. The quantitative estimate of drug-likeness (QED) is 0.828. The molecule has 0 atom stereocenters. The van der Waals surface area contributed by atoms with E-state index in [1.54, 1.807) is 13.8 Å². The molecule has 0 spiro atoms. The molecular formula is C12H14ClNO4. The Kier molecular flexibility index (Phi) is 4.97. The number of ether oxygens (including phenoxy) is 2. The van der Waals surface area contributed by atoms with Crippen molar-refractivity contribution >= 4 is 23.5 Å². The summed E-state index contributed by atoms with van der Waals surface area (Å²) in [5.74, 6) is -0.993. The number of hydrogen-bond donors (Lipinski definition) is 1. The fraction of sp³-hybridized carbons (Fsp3) is 0.333. The molecule has 18 heavy (non-hydrogen) atoms. The van der Waals surface area contributed by atoms with Crippen molar-refractivity contribution in [1.29, 1.82) is 0 Å². The van der Waals surface area contributed by atoms with Crippen LogP contribution in [-0.2, 0) is 9.53 Å². The number of benzene rings is 1. The number of carbonyl (C=O) groups is 2. The Bertz CT molecular complexity index is 459. The Morgan fingerprint density at radius 1 is 1.39 bits per heavy atom. The van der Waals surface area contributed by atoms with Gasteiger partial charge >= 0.3 is 5.97 Å². The summed E-state index contributed by atoms with van der Waals surface area (Å²) in [5.41, 5.74) is 5.30. The van der Waals surface area contributed by atoms with Gasteiger partial charge in [0, 0.05) is 5.02 Å². The van der Waals surface area contributed by atoms with E-state index in [4.69, 9.17) is 26.8 Å². The minimum atomic E-state index is -0.676. The predicted molar refractivity (Wildman–Crippen MR) is 66.7 cm³/mol. The first kappa shape index (κ1) is 14.3. The number of carbonyl (C=O) groups excluding carboxylic acids is 2. The van der Waals surface area contributed by atoms with Crippen molar-refractivity contribution in [2.24, 2.45) is 5.73 Å². The SMILES string of the molecule is CC(C)OC(=O)COc1ccc(Cl)cc1C(N)=O. The van der Waals surface area contributed by atoms with Gasteiger partial charge in [0.2, 0.25) is 0 Å². The third-order valence-electron chi connectivity index (χ3n) is 1.92. The largest absolute Gasteiger partial charge is 0.481 e. The van der Waals surface area contributed by atoms with Crippen molar-refractivity contribution in [2.75, 3.05) is 6.61 Å². The van der Waals surface area contributed by atoms with Crippen molar-refractivity contribution in [3.63, 3.8) is 0 Å². The lowest BCUT2D eigenvalue weighted by molar-refractivity contribution is -0.149. The van der Waals surface area contributed by atoms with E-state index < -0.39 is 11.9 Å². The van der Waals surface area contributed by atoms with Gasteiger partial charge in [-0.2, -0.15) is 0 Å². The molecule has 0 heterocycles. The molecule has 0 radical (unpaired) electrons. The average molecular weight is 272 g/mol. The van der Waals surface area contributed by atoms with Gasteiger partial charge in [0.05, 0.1) is 11.7 Å². The Balaban J connectivity index is 2.73. The second kappa shape index (κ2) is 6.26. The Hall–Kier alpha value is -1.75. The van der Waals surface area contributed by atoms with Crippen molar-refractivity contribution in [3.05, 3.63) is 28.8 Å². The van der Waals surface area contributed by atoms with E-state index in [1.165, 1.54) is 18.2 Å². The van der Waals surface area contributed by atoms with Gasteiger partial charge in [0.15, 0.2) is 6.61 Å². The summed E-state index contributed by atoms with van der Waals surface area (Å²) in [6, 6.07) is 4.40. The average Bonchev–Trinajstić information content (AvgIpc) is 2.26. The molecule has 6 heteroatoms. The van der Waals surface area contributed by atoms with E-state index in [9.17, 15) is 9.59 Å². The molecule has 0 saturated heterocycles. The maximum atomic E-state index is 11.3. The summed E-state index contributed by atoms with van der Waals surface area (Å²) >= 11 is 5.74. The summed E-state index contributed by atoms with van der Waals surface area (Å²) < 4.78 is 10.1. The van der Waals surface area contributed by atoms with E-state index in [0.717, 1.165) is 0 Å². The topological polar surface area (TPSA) is 78.6 Å². The smallest absolute Gasteiger partial charge is 0.344 e. The monoisotopic (exact) mass is 271 g/mol. The summed E-state index contributed by atoms with van der Waals surface area (Å²) in [6.07, 6.45) is -0.220. The summed E-state index contributed by atoms with van der Waals surface area (Å²) in [4.78, 5) is 22.4. The molecule has 1 rings (SSSR count). The van der Waals surface area contributed by atoms with E-state index in [-0.39, 0.29) is 24.0 Å². The second-order valence-electron chi connectivity index (χ2n) is 3.83. The zero-order valence-corrected chi connectivity index (χ0v) is 10.9. The highest BCUT2D eigenvalue weighted by atomic mass is 35.5. The van der Waals surface area contributed by atoms with E-state index in [2.05, 4.69) is 0 Å². The van der Waals surface area contributed by atoms with Crippen LogP contribution in [0.25, 0.3) is 0 Å². The van der Waals surface area contributed by atoms with Crippen LogP contribution in [0, 0.1) is 0 Å². The fourth-order valence-electron chi connectivity index (χ4n) is 1.25. The lowest BCUT2D eigenvalue weighted by Gasteiger charge is -2.11. The molecular weight excluding hydrogens is 258 g/mol. The molecule has 0 bridgehead atoms. The first-order chi connectivity index (χ1) is 8.40. The molecule has 1 aromatic carbocycles. The van der Waals surface area contributed by atoms with Gasteiger partial charge in [-0.15, -0.1) is 0 Å². The normalized spacial score (nSPS) is 10.2. The van der Waals surface area contributed by atoms with Gasteiger partial charge in [-0.1, -0.05) is 11.6 Å². The molecule has 5 nitrogen and oxygen atoms in total. The van der Waals surface area contributed by atoms with Crippen molar-refractivity contribution in [3.8, 4) is 5.75 Å². The second-order valence-corrected chi connectivity index (χ2v) is 4.27. The highest BCUT2D eigenvalue weighted by Crippen LogP contribution is 2.22. The van der Waals surface area contributed by atoms with E-state index in [0.29, 0.717) is 5.02 Å². The Morgan fingerprint density at radius 2 is 2.06 bits per heavy atom. The maximum absolute atomic E-state index is 11.3. The van der Waals surface area contributed by atoms with Gasteiger partial charge in [0.25, 0.3) is 5.91 Å². The Labute approximate surface area is 110 Å². The van der Waals surface area contributed by atoms with Crippen LogP contribution in [0.4, 0.5) is 0 Å². The molecule has 1 aromatic rings. The zero-order chi connectivity index (χ0) is 13.7. The predicted octanol–water partition coefficient (Wildman–Crippen LogP) is 1.77. The van der Waals surface area contributed by atoms with Crippen molar-refractivity contribution in [2.45, 2.75) is 20.0 Å². The third kappa shape index (κ3) is 4.25. The fourth-order valence-corrected chi connectivity index (χ4v) is 1.43. The van der Waals surface area contributed by atoms with E-state index in [1.807, 2.05) is 0 Å². The van der Waals surface area contributed by atoms with E-state index >= 15 is 0 Å². The molecule has 0 aliphatic carbocycles. The van der Waals surface area contributed by atoms with Crippen LogP contribution >= 0.6 is 11.6 Å². The van der Waals surface area contributed by atoms with Crippen LogP contribution in [0.3, 0.4) is 0 Å². The van der Waals surface area contributed by atoms with Crippen LogP contribution in [-0.4, -0.2) is 24.6 Å². The molecule has 1 amide bonds. The molecule has 0 aliphatic rings. The van der Waals surface area contributed by atoms with Crippen LogP contribution in [0.1, 0.15) is 24.2 Å². The number of esters is 1. The standard InChI is InChI=1S/C12H14ClNO4/c1-7(2)18-11(15)6-17-10-4-3-8(13)5-9(10)12(14)16/h3-5,7H,6H2,1-2H3,(H2,14,16). The lowest BCUT2D eigenvalue weighted by Crippen LogP contribution is -2.20. The van der Waals surface area contributed by atoms with Gasteiger partial charge in [0.1, 0.15) is 5.75 Å². The molecule has 0 saturated carbocycles. The molecule has 98 valence electrons. The van der Waals surface area contributed by atoms with Crippen LogP contribution in [0.15, 0.2) is 18.2 Å². The Morgan fingerprint density at radius 3 is 2.61 bits per heavy atom. The summed E-state index contributed by atoms with van der Waals surface area (Å²) in [7, 11) is 0. The molecule has 0 fully saturated rings. The minimum Gasteiger partial charge on any atom is -0.481 e. The highest BCUT2D eigenvalue weighted by Gasteiger charge is 2.13. The number of primary amides is 1. The number of amides is 1. The van der Waals surface area contributed by atoms with Crippen LogP contribution in [0.5, 0.6) is 5.75 Å². The van der Waals surface area contributed by atoms with Gasteiger partial charge in [-0.25, -0.2) is 4.79 Å². The van der Waals surface area contributed by atoms with Gasteiger partial charge in [-0.05, 0) is 32.0 Å². The van der Waals surface area contributed by atoms with Crippen LogP contribution < -0.4 is 10.5 Å². The van der Waals surface area contributed by atoms with Crippen LogP contribution in [0.2, 0.25) is 5.02 Å². The minimum absolute atomic E-state index is 0.125. The number of halogens is 1. The maximum Gasteiger partial charge on any atom is 0.344 e. The molecule has 2 N–H and O–H groups in total. The number of nitrogens with two attached hydrogens (primary N) is 1. The molecule has 0 unspecified atom stereocenters. The van der Waals surface area contributed by atoms with Gasteiger partial charge < -0.3 is 15.2 Å². The first-order valence-electron chi connectivity index (χ1n) is 5.31. The lowest BCUT2D eigenvalue weighted by atomic mass is 10.2. The summed E-state index contributed by atoms with van der Waals surface area (Å²) in [6.45, 7) is 3.17.